The Kier molecular flexibility index (Phi) is 7.50. The van der Waals surface area contributed by atoms with E-state index in [1.165, 1.54) is 30.6 Å². The molecule has 8 heteroatoms. The van der Waals surface area contributed by atoms with E-state index in [4.69, 9.17) is 21.1 Å². The van der Waals surface area contributed by atoms with Gasteiger partial charge in [-0.25, -0.2) is 0 Å². The summed E-state index contributed by atoms with van der Waals surface area (Å²) < 4.78 is 11.0. The quantitative estimate of drug-likeness (QED) is 0.670. The number of rotatable bonds is 7. The van der Waals surface area contributed by atoms with Gasteiger partial charge in [0.15, 0.2) is 11.5 Å². The van der Waals surface area contributed by atoms with E-state index in [1.54, 1.807) is 6.07 Å². The summed E-state index contributed by atoms with van der Waals surface area (Å²) in [7, 11) is 1.48. The van der Waals surface area contributed by atoms with E-state index in [0.29, 0.717) is 28.9 Å². The van der Waals surface area contributed by atoms with E-state index >= 15 is 0 Å². The maximum Gasteiger partial charge on any atom is 0.279 e. The topological polar surface area (TPSA) is 76.7 Å². The number of nitrogens with one attached hydrogen (secondary N) is 2. The number of carbonyl (C=O) groups excluding carboxylic acids is 2. The van der Waals surface area contributed by atoms with Crippen molar-refractivity contribution in [3.05, 3.63) is 44.6 Å². The molecule has 2 amide bonds. The summed E-state index contributed by atoms with van der Waals surface area (Å²) >= 11 is 7.61. The number of carbonyl (C=O) groups is 2. The van der Waals surface area contributed by atoms with Gasteiger partial charge in [0.1, 0.15) is 0 Å². The lowest BCUT2D eigenvalue weighted by Gasteiger charge is -2.15. The summed E-state index contributed by atoms with van der Waals surface area (Å²) in [6.45, 7) is 6.59. The average molecular weight is 411 g/mol. The number of benzene rings is 1. The highest BCUT2D eigenvalue weighted by molar-refractivity contribution is 7.13. The predicted octanol–water partition coefficient (Wildman–Crippen LogP) is 4.22. The second kappa shape index (κ2) is 9.62. The predicted molar refractivity (Wildman–Crippen MR) is 107 cm³/mol. The molecule has 0 spiro atoms. The first-order chi connectivity index (χ1) is 12.8. The Labute approximate surface area is 167 Å². The Morgan fingerprint density at radius 3 is 2.48 bits per heavy atom. The molecule has 1 aromatic carbocycles. The summed E-state index contributed by atoms with van der Waals surface area (Å²) in [6, 6.07) is 6.54. The molecule has 0 aliphatic carbocycles. The lowest BCUT2D eigenvalue weighted by atomic mass is 10.1. The van der Waals surface area contributed by atoms with Crippen molar-refractivity contribution in [2.75, 3.05) is 13.7 Å². The van der Waals surface area contributed by atoms with Crippen LogP contribution >= 0.6 is 22.9 Å². The third-order valence-corrected chi connectivity index (χ3v) is 4.97. The van der Waals surface area contributed by atoms with Crippen LogP contribution in [0.25, 0.3) is 0 Å². The highest BCUT2D eigenvalue weighted by Crippen LogP contribution is 2.36. The first kappa shape index (κ1) is 21.1. The Morgan fingerprint density at radius 2 is 1.89 bits per heavy atom. The van der Waals surface area contributed by atoms with Gasteiger partial charge in [0.25, 0.3) is 11.8 Å². The van der Waals surface area contributed by atoms with Crippen LogP contribution in [0.3, 0.4) is 0 Å². The van der Waals surface area contributed by atoms with Crippen molar-refractivity contribution >= 4 is 34.8 Å². The van der Waals surface area contributed by atoms with E-state index in [1.807, 2.05) is 13.0 Å². The van der Waals surface area contributed by atoms with Gasteiger partial charge in [0.2, 0.25) is 0 Å². The summed E-state index contributed by atoms with van der Waals surface area (Å²) in [5.41, 5.74) is 5.01. The van der Waals surface area contributed by atoms with Crippen molar-refractivity contribution in [3.8, 4) is 11.5 Å². The molecule has 0 radical (unpaired) electrons. The van der Waals surface area contributed by atoms with Gasteiger partial charge < -0.3 is 9.47 Å². The normalized spacial score (nSPS) is 10.6. The van der Waals surface area contributed by atoms with Crippen LogP contribution in [-0.4, -0.2) is 25.5 Å². The largest absolute Gasteiger partial charge is 0.493 e. The van der Waals surface area contributed by atoms with Crippen LogP contribution in [-0.2, 0) is 0 Å². The van der Waals surface area contributed by atoms with Gasteiger partial charge in [0.05, 0.1) is 23.6 Å². The van der Waals surface area contributed by atoms with Crippen LogP contribution in [0.1, 0.15) is 45.2 Å². The number of halogens is 1. The number of aryl methyl sites for hydroxylation is 1. The Bertz CT molecular complexity index is 820. The van der Waals surface area contributed by atoms with Crippen LogP contribution in [0, 0.1) is 12.8 Å². The fourth-order valence-corrected chi connectivity index (χ4v) is 3.22. The van der Waals surface area contributed by atoms with Gasteiger partial charge in [-0.1, -0.05) is 25.4 Å². The summed E-state index contributed by atoms with van der Waals surface area (Å²) in [5.74, 6) is 0.361. The molecule has 1 heterocycles. The standard InChI is InChI=1S/C19H23ClN2O4S/c1-11(2)7-8-26-17-14(20)9-13(10-15(17)25-4)18(23)21-22-19(24)16-6-5-12(3)27-16/h5-6,9-11H,7-8H2,1-4H3,(H,21,23)(H,22,24). The third kappa shape index (κ3) is 5.87. The fraction of sp³-hybridized carbons (Fsp3) is 0.368. The molecule has 6 nitrogen and oxygen atoms in total. The maximum absolute atomic E-state index is 12.3. The Balaban J connectivity index is 2.05. The van der Waals surface area contributed by atoms with Crippen molar-refractivity contribution in [2.45, 2.75) is 27.2 Å². The number of hydrazine groups is 1. The number of thiophene rings is 1. The van der Waals surface area contributed by atoms with Crippen molar-refractivity contribution in [3.63, 3.8) is 0 Å². The van der Waals surface area contributed by atoms with Gasteiger partial charge in [0, 0.05) is 10.4 Å². The number of hydrogen-bond donors (Lipinski definition) is 2. The number of ether oxygens (including phenoxy) is 2. The van der Waals surface area contributed by atoms with Gasteiger partial charge in [-0.05, 0) is 43.5 Å². The van der Waals surface area contributed by atoms with Crippen molar-refractivity contribution in [2.24, 2.45) is 5.92 Å². The molecule has 2 aromatic rings. The number of hydrogen-bond acceptors (Lipinski definition) is 5. The second-order valence-corrected chi connectivity index (χ2v) is 8.03. The fourth-order valence-electron chi connectivity index (χ4n) is 2.19. The first-order valence-corrected chi connectivity index (χ1v) is 9.68. The highest BCUT2D eigenvalue weighted by atomic mass is 35.5. The molecule has 0 fully saturated rings. The lowest BCUT2D eigenvalue weighted by molar-refractivity contribution is 0.0848. The zero-order valence-corrected chi connectivity index (χ0v) is 17.3. The summed E-state index contributed by atoms with van der Waals surface area (Å²) in [4.78, 5) is 25.9. The molecule has 1 aromatic heterocycles. The minimum Gasteiger partial charge on any atom is -0.493 e. The second-order valence-electron chi connectivity index (χ2n) is 6.34. The van der Waals surface area contributed by atoms with Crippen LogP contribution in [0.5, 0.6) is 11.5 Å². The number of methoxy groups -OCH3 is 1. The van der Waals surface area contributed by atoms with E-state index in [0.717, 1.165) is 11.3 Å². The average Bonchev–Trinajstić information content (AvgIpc) is 3.06. The zero-order chi connectivity index (χ0) is 20.0. The Hall–Kier alpha value is -2.25. The molecule has 0 saturated heterocycles. The molecule has 0 atom stereocenters. The molecule has 146 valence electrons. The summed E-state index contributed by atoms with van der Waals surface area (Å²) in [5, 5.41) is 0.267. The zero-order valence-electron chi connectivity index (χ0n) is 15.7. The van der Waals surface area contributed by atoms with Gasteiger partial charge >= 0.3 is 0 Å². The molecule has 27 heavy (non-hydrogen) atoms. The Morgan fingerprint density at radius 1 is 1.19 bits per heavy atom. The molecule has 0 unspecified atom stereocenters. The number of amides is 2. The SMILES string of the molecule is COc1cc(C(=O)NNC(=O)c2ccc(C)s2)cc(Cl)c1OCCC(C)C. The molecule has 0 aliphatic rings. The molecular formula is C19H23ClN2O4S. The van der Waals surface area contributed by atoms with E-state index in [2.05, 4.69) is 24.7 Å². The monoisotopic (exact) mass is 410 g/mol. The van der Waals surface area contributed by atoms with Crippen molar-refractivity contribution in [1.82, 2.24) is 10.9 Å². The van der Waals surface area contributed by atoms with Crippen molar-refractivity contribution in [1.29, 1.82) is 0 Å². The van der Waals surface area contributed by atoms with Crippen LogP contribution < -0.4 is 20.3 Å². The minimum atomic E-state index is -0.509. The van der Waals surface area contributed by atoms with Gasteiger partial charge in [-0.2, -0.15) is 0 Å². The highest BCUT2D eigenvalue weighted by Gasteiger charge is 2.17. The van der Waals surface area contributed by atoms with E-state index in [-0.39, 0.29) is 16.5 Å². The molecule has 0 bridgehead atoms. The van der Waals surface area contributed by atoms with Crippen LogP contribution in [0.4, 0.5) is 0 Å². The molecule has 0 aliphatic heterocycles. The third-order valence-electron chi connectivity index (χ3n) is 3.69. The van der Waals surface area contributed by atoms with Crippen LogP contribution in [0.2, 0.25) is 5.02 Å². The molecule has 2 N–H and O–H groups in total. The van der Waals surface area contributed by atoms with Gasteiger partial charge in [-0.3, -0.25) is 20.4 Å². The van der Waals surface area contributed by atoms with E-state index in [9.17, 15) is 9.59 Å². The first-order valence-electron chi connectivity index (χ1n) is 8.49. The maximum atomic E-state index is 12.3. The molecule has 0 saturated carbocycles. The smallest absolute Gasteiger partial charge is 0.279 e. The van der Waals surface area contributed by atoms with Crippen molar-refractivity contribution < 1.29 is 19.1 Å². The minimum absolute atomic E-state index is 0.246. The lowest BCUT2D eigenvalue weighted by Crippen LogP contribution is -2.41. The van der Waals surface area contributed by atoms with E-state index < -0.39 is 5.91 Å². The van der Waals surface area contributed by atoms with Gasteiger partial charge in [-0.15, -0.1) is 11.3 Å². The van der Waals surface area contributed by atoms with Crippen LogP contribution in [0.15, 0.2) is 24.3 Å². The molecule has 2 rings (SSSR count). The summed E-state index contributed by atoms with van der Waals surface area (Å²) in [6.07, 6.45) is 0.871. The molecular weight excluding hydrogens is 388 g/mol.